The van der Waals surface area contributed by atoms with E-state index in [4.69, 9.17) is 0 Å². The molecule has 0 heterocycles. The summed E-state index contributed by atoms with van der Waals surface area (Å²) in [6.45, 7) is 6.65. The Labute approximate surface area is 127 Å². The van der Waals surface area contributed by atoms with Gasteiger partial charge in [0.1, 0.15) is 5.41 Å². The average Bonchev–Trinajstić information content (AvgIpc) is 2.76. The maximum atomic E-state index is 11.6. The van der Waals surface area contributed by atoms with Crippen LogP contribution in [0.1, 0.15) is 57.6 Å². The van der Waals surface area contributed by atoms with Crippen LogP contribution in [0.15, 0.2) is 24.3 Å². The minimum Gasteiger partial charge on any atom is -0.388 e. The highest BCUT2D eigenvalue weighted by atomic mass is 16.3. The number of benzene rings is 1. The Bertz CT molecular complexity index is 600. The molecule has 0 bridgehead atoms. The van der Waals surface area contributed by atoms with Crippen molar-refractivity contribution in [3.8, 4) is 6.07 Å². The molecule has 1 saturated carbocycles. The second-order valence-corrected chi connectivity index (χ2v) is 8.06. The number of aryl methyl sites for hydroxylation is 1. The number of aliphatic hydroxyl groups is 1. The first-order valence-corrected chi connectivity index (χ1v) is 8.04. The number of hydrogen-bond donors (Lipinski definition) is 1. The Morgan fingerprint density at radius 1 is 1.24 bits per heavy atom. The van der Waals surface area contributed by atoms with Gasteiger partial charge >= 0.3 is 0 Å². The lowest BCUT2D eigenvalue weighted by Crippen LogP contribution is -2.55. The molecule has 0 radical (unpaired) electrons. The summed E-state index contributed by atoms with van der Waals surface area (Å²) in [5.41, 5.74) is 0.766. The first-order chi connectivity index (χ1) is 9.82. The van der Waals surface area contributed by atoms with Crippen LogP contribution in [0.3, 0.4) is 0 Å². The molecule has 0 aliphatic heterocycles. The molecule has 1 aromatic carbocycles. The van der Waals surface area contributed by atoms with Crippen LogP contribution in [0, 0.1) is 22.7 Å². The van der Waals surface area contributed by atoms with Crippen LogP contribution < -0.4 is 0 Å². The molecule has 3 atom stereocenters. The maximum absolute atomic E-state index is 11.6. The Balaban J connectivity index is 2.11. The molecular weight excluding hydrogens is 258 g/mol. The summed E-state index contributed by atoms with van der Waals surface area (Å²) >= 11 is 0. The summed E-state index contributed by atoms with van der Waals surface area (Å²) in [5.74, 6) is 0.455. The maximum Gasteiger partial charge on any atom is 0.111 e. The zero-order valence-electron chi connectivity index (χ0n) is 13.3. The van der Waals surface area contributed by atoms with Crippen molar-refractivity contribution in [3.63, 3.8) is 0 Å². The molecule has 2 aliphatic rings. The standard InChI is InChI=1S/C19H25NO/c1-14-10-17(2,3)12-19(21,11-14)18(13-20)9-8-15-6-4-5-7-16(15)18/h4-7,14,21H,8-12H2,1-3H3. The largest absolute Gasteiger partial charge is 0.388 e. The zero-order chi connectivity index (χ0) is 15.3. The van der Waals surface area contributed by atoms with Crippen molar-refractivity contribution in [2.24, 2.45) is 11.3 Å². The van der Waals surface area contributed by atoms with Crippen molar-refractivity contribution < 1.29 is 5.11 Å². The van der Waals surface area contributed by atoms with E-state index in [0.717, 1.165) is 31.2 Å². The molecule has 1 fully saturated rings. The lowest BCUT2D eigenvalue weighted by atomic mass is 9.55. The van der Waals surface area contributed by atoms with Crippen LogP contribution in [0.4, 0.5) is 0 Å². The fraction of sp³-hybridized carbons (Fsp3) is 0.632. The highest BCUT2D eigenvalue weighted by molar-refractivity contribution is 5.47. The number of nitriles is 1. The van der Waals surface area contributed by atoms with Gasteiger partial charge in [0.2, 0.25) is 0 Å². The van der Waals surface area contributed by atoms with Gasteiger partial charge in [-0.1, -0.05) is 45.0 Å². The minimum absolute atomic E-state index is 0.0911. The van der Waals surface area contributed by atoms with Crippen LogP contribution in [0.5, 0.6) is 0 Å². The smallest absolute Gasteiger partial charge is 0.111 e. The van der Waals surface area contributed by atoms with Crippen molar-refractivity contribution in [2.75, 3.05) is 0 Å². The van der Waals surface area contributed by atoms with E-state index in [1.165, 1.54) is 5.56 Å². The van der Waals surface area contributed by atoms with Crippen LogP contribution >= 0.6 is 0 Å². The highest BCUT2D eigenvalue weighted by Crippen LogP contribution is 2.56. The van der Waals surface area contributed by atoms with Gasteiger partial charge in [-0.05, 0) is 54.6 Å². The van der Waals surface area contributed by atoms with Gasteiger partial charge in [0, 0.05) is 0 Å². The fourth-order valence-corrected chi connectivity index (χ4v) is 5.17. The second kappa shape index (κ2) is 4.58. The van der Waals surface area contributed by atoms with E-state index >= 15 is 0 Å². The van der Waals surface area contributed by atoms with Crippen molar-refractivity contribution in [1.82, 2.24) is 0 Å². The SMILES string of the molecule is CC1CC(C)(C)CC(O)(C2(C#N)CCc3ccccc32)C1. The molecule has 0 saturated heterocycles. The second-order valence-electron chi connectivity index (χ2n) is 8.06. The molecule has 3 unspecified atom stereocenters. The molecule has 2 aliphatic carbocycles. The number of hydrogen-bond acceptors (Lipinski definition) is 2. The molecule has 2 nitrogen and oxygen atoms in total. The van der Waals surface area contributed by atoms with Crippen molar-refractivity contribution in [3.05, 3.63) is 35.4 Å². The first kappa shape index (κ1) is 14.6. The molecule has 21 heavy (non-hydrogen) atoms. The summed E-state index contributed by atoms with van der Waals surface area (Å²) in [6.07, 6.45) is 4.23. The zero-order valence-corrected chi connectivity index (χ0v) is 13.3. The van der Waals surface area contributed by atoms with E-state index in [2.05, 4.69) is 39.0 Å². The average molecular weight is 283 g/mol. The summed E-state index contributed by atoms with van der Waals surface area (Å²) in [4.78, 5) is 0. The quantitative estimate of drug-likeness (QED) is 0.847. The van der Waals surface area contributed by atoms with Gasteiger partial charge in [-0.15, -0.1) is 0 Å². The third-order valence-corrected chi connectivity index (χ3v) is 5.59. The summed E-state index contributed by atoms with van der Waals surface area (Å²) < 4.78 is 0. The van der Waals surface area contributed by atoms with E-state index < -0.39 is 11.0 Å². The molecule has 0 amide bonds. The van der Waals surface area contributed by atoms with Gasteiger partial charge in [-0.2, -0.15) is 5.26 Å². The van der Waals surface area contributed by atoms with Gasteiger partial charge in [0.15, 0.2) is 0 Å². The lowest BCUT2D eigenvalue weighted by molar-refractivity contribution is -0.0978. The van der Waals surface area contributed by atoms with E-state index in [9.17, 15) is 10.4 Å². The Hall–Kier alpha value is -1.33. The van der Waals surface area contributed by atoms with Crippen molar-refractivity contribution in [1.29, 1.82) is 5.26 Å². The van der Waals surface area contributed by atoms with E-state index in [-0.39, 0.29) is 5.41 Å². The number of fused-ring (bicyclic) bond motifs is 1. The molecule has 1 N–H and O–H groups in total. The first-order valence-electron chi connectivity index (χ1n) is 8.04. The Morgan fingerprint density at radius 3 is 2.62 bits per heavy atom. The molecule has 3 rings (SSSR count). The van der Waals surface area contributed by atoms with E-state index in [0.29, 0.717) is 12.3 Å². The van der Waals surface area contributed by atoms with Gasteiger partial charge < -0.3 is 5.11 Å². The molecule has 0 aromatic heterocycles. The van der Waals surface area contributed by atoms with Crippen molar-refractivity contribution in [2.45, 2.75) is 63.9 Å². The third-order valence-electron chi connectivity index (χ3n) is 5.59. The normalized spacial score (nSPS) is 37.8. The summed E-state index contributed by atoms with van der Waals surface area (Å²) in [6, 6.07) is 10.7. The summed E-state index contributed by atoms with van der Waals surface area (Å²) in [5, 5.41) is 21.6. The monoisotopic (exact) mass is 283 g/mol. The highest BCUT2D eigenvalue weighted by Gasteiger charge is 2.58. The number of rotatable bonds is 1. The van der Waals surface area contributed by atoms with Gasteiger partial charge in [0.25, 0.3) is 0 Å². The number of nitrogens with zero attached hydrogens (tertiary/aromatic N) is 1. The van der Waals surface area contributed by atoms with Crippen molar-refractivity contribution >= 4 is 0 Å². The third kappa shape index (κ3) is 2.10. The minimum atomic E-state index is -0.907. The van der Waals surface area contributed by atoms with Crippen LogP contribution in [-0.4, -0.2) is 10.7 Å². The van der Waals surface area contributed by atoms with E-state index in [1.54, 1.807) is 0 Å². The molecular formula is C19H25NO. The molecule has 2 heteroatoms. The predicted octanol–water partition coefficient (Wildman–Crippen LogP) is 3.97. The fourth-order valence-electron chi connectivity index (χ4n) is 5.17. The molecule has 0 spiro atoms. The van der Waals surface area contributed by atoms with Gasteiger partial charge in [-0.3, -0.25) is 0 Å². The van der Waals surface area contributed by atoms with E-state index in [1.807, 2.05) is 12.1 Å². The lowest BCUT2D eigenvalue weighted by Gasteiger charge is -2.51. The summed E-state index contributed by atoms with van der Waals surface area (Å²) in [7, 11) is 0. The molecule has 1 aromatic rings. The van der Waals surface area contributed by atoms with Crippen LogP contribution in [0.2, 0.25) is 0 Å². The molecule has 112 valence electrons. The predicted molar refractivity (Wildman–Crippen MR) is 83.8 cm³/mol. The topological polar surface area (TPSA) is 44.0 Å². The van der Waals surface area contributed by atoms with Crippen LogP contribution in [-0.2, 0) is 11.8 Å². The van der Waals surface area contributed by atoms with Gasteiger partial charge in [-0.25, -0.2) is 0 Å². The van der Waals surface area contributed by atoms with Gasteiger partial charge in [0.05, 0.1) is 11.7 Å². The Morgan fingerprint density at radius 2 is 1.95 bits per heavy atom. The Kier molecular flexibility index (Phi) is 3.19. The van der Waals surface area contributed by atoms with Crippen LogP contribution in [0.25, 0.3) is 0 Å².